The Bertz CT molecular complexity index is 891. The van der Waals surface area contributed by atoms with Gasteiger partial charge < -0.3 is 14.2 Å². The molecule has 1 spiro atoms. The van der Waals surface area contributed by atoms with Gasteiger partial charge in [0.25, 0.3) is 0 Å². The highest BCUT2D eigenvalue weighted by Crippen LogP contribution is 2.44. The highest BCUT2D eigenvalue weighted by Gasteiger charge is 2.42. The lowest BCUT2D eigenvalue weighted by Gasteiger charge is -2.43. The number of rotatable bonds is 3. The van der Waals surface area contributed by atoms with Crippen molar-refractivity contribution in [2.75, 3.05) is 24.6 Å². The van der Waals surface area contributed by atoms with Crippen LogP contribution in [0.5, 0.6) is 0 Å². The topological polar surface area (TPSA) is 43.2 Å². The maximum absolute atomic E-state index is 6.32. The van der Waals surface area contributed by atoms with E-state index in [0.29, 0.717) is 0 Å². The monoisotopic (exact) mass is 386 g/mol. The molecule has 0 saturated carbocycles. The number of anilines is 1. The van der Waals surface area contributed by atoms with Crippen molar-refractivity contribution < 1.29 is 4.74 Å². The zero-order valence-corrected chi connectivity index (χ0v) is 16.5. The molecule has 136 valence electrons. The van der Waals surface area contributed by atoms with Crippen LogP contribution in [0.25, 0.3) is 0 Å². The number of piperidine rings is 1. The SMILES string of the molecule is Cn1c(Cc2ccsc2)nnc1N1CCC2(CC1)OCCc1ccsc12. The fourth-order valence-corrected chi connectivity index (χ4v) is 5.99. The molecular formula is C19H22N4OS2. The lowest BCUT2D eigenvalue weighted by atomic mass is 9.85. The molecule has 0 aromatic carbocycles. The zero-order valence-electron chi connectivity index (χ0n) is 14.9. The average Bonchev–Trinajstić information content (AvgIpc) is 3.40. The Balaban J connectivity index is 1.33. The first kappa shape index (κ1) is 16.5. The molecule has 0 amide bonds. The van der Waals surface area contributed by atoms with E-state index in [4.69, 9.17) is 4.74 Å². The lowest BCUT2D eigenvalue weighted by molar-refractivity contribution is -0.0736. The fourth-order valence-electron chi connectivity index (χ4n) is 4.15. The molecule has 2 aliphatic heterocycles. The van der Waals surface area contributed by atoms with Gasteiger partial charge in [0.2, 0.25) is 5.95 Å². The smallest absolute Gasteiger partial charge is 0.226 e. The molecular weight excluding hydrogens is 364 g/mol. The van der Waals surface area contributed by atoms with Crippen molar-refractivity contribution in [2.24, 2.45) is 7.05 Å². The van der Waals surface area contributed by atoms with E-state index in [2.05, 4.69) is 55.0 Å². The van der Waals surface area contributed by atoms with Gasteiger partial charge >= 0.3 is 0 Å². The third-order valence-electron chi connectivity index (χ3n) is 5.65. The summed E-state index contributed by atoms with van der Waals surface area (Å²) in [6, 6.07) is 4.43. The third-order valence-corrected chi connectivity index (χ3v) is 7.52. The summed E-state index contributed by atoms with van der Waals surface area (Å²) in [5.74, 6) is 2.00. The number of aromatic nitrogens is 3. The third kappa shape index (κ3) is 2.69. The Kier molecular flexibility index (Phi) is 4.10. The van der Waals surface area contributed by atoms with Gasteiger partial charge in [0.1, 0.15) is 11.4 Å². The van der Waals surface area contributed by atoms with E-state index >= 15 is 0 Å². The highest BCUT2D eigenvalue weighted by molar-refractivity contribution is 7.10. The molecule has 0 radical (unpaired) electrons. The first-order chi connectivity index (χ1) is 12.8. The molecule has 0 atom stereocenters. The van der Waals surface area contributed by atoms with Crippen LogP contribution < -0.4 is 4.90 Å². The van der Waals surface area contributed by atoms with Gasteiger partial charge in [-0.3, -0.25) is 0 Å². The molecule has 1 saturated heterocycles. The predicted molar refractivity (Wildman–Crippen MR) is 105 cm³/mol. The predicted octanol–water partition coefficient (Wildman–Crippen LogP) is 3.60. The molecule has 2 aliphatic rings. The quantitative estimate of drug-likeness (QED) is 0.690. The van der Waals surface area contributed by atoms with Crippen molar-refractivity contribution >= 4 is 28.6 Å². The number of hydrogen-bond donors (Lipinski definition) is 0. The van der Waals surface area contributed by atoms with Crippen LogP contribution in [0.15, 0.2) is 28.3 Å². The Morgan fingerprint density at radius 2 is 2.08 bits per heavy atom. The Hall–Kier alpha value is -1.70. The average molecular weight is 387 g/mol. The normalized spacial score (nSPS) is 19.0. The second-order valence-electron chi connectivity index (χ2n) is 7.14. The number of thiophene rings is 2. The van der Waals surface area contributed by atoms with E-state index in [1.807, 2.05) is 11.3 Å². The molecule has 5 rings (SSSR count). The van der Waals surface area contributed by atoms with Gasteiger partial charge in [-0.05, 0) is 58.7 Å². The Labute approximate surface area is 161 Å². The van der Waals surface area contributed by atoms with Gasteiger partial charge in [-0.2, -0.15) is 11.3 Å². The van der Waals surface area contributed by atoms with Crippen LogP contribution in [0.3, 0.4) is 0 Å². The van der Waals surface area contributed by atoms with Crippen LogP contribution in [0.4, 0.5) is 5.95 Å². The van der Waals surface area contributed by atoms with Crippen LogP contribution in [-0.4, -0.2) is 34.5 Å². The van der Waals surface area contributed by atoms with E-state index in [0.717, 1.165) is 57.2 Å². The molecule has 0 aliphatic carbocycles. The van der Waals surface area contributed by atoms with Gasteiger partial charge in [-0.15, -0.1) is 21.5 Å². The van der Waals surface area contributed by atoms with E-state index in [1.54, 1.807) is 11.3 Å². The van der Waals surface area contributed by atoms with Crippen molar-refractivity contribution in [3.05, 3.63) is 50.1 Å². The largest absolute Gasteiger partial charge is 0.369 e. The summed E-state index contributed by atoms with van der Waals surface area (Å²) in [6.07, 6.45) is 3.94. The summed E-state index contributed by atoms with van der Waals surface area (Å²) in [7, 11) is 2.08. The molecule has 1 fully saturated rings. The first-order valence-corrected chi connectivity index (χ1v) is 10.9. The standard InChI is InChI=1S/C19H22N4OS2/c1-22-16(12-14-3-10-25-13-14)20-21-18(22)23-7-5-19(6-8-23)17-15(2-9-24-19)4-11-26-17/h3-4,10-11,13H,2,5-9,12H2,1H3. The molecule has 26 heavy (non-hydrogen) atoms. The molecule has 7 heteroatoms. The summed E-state index contributed by atoms with van der Waals surface area (Å²) in [5.41, 5.74) is 2.72. The number of nitrogens with zero attached hydrogens (tertiary/aromatic N) is 4. The van der Waals surface area contributed by atoms with E-state index < -0.39 is 0 Å². The van der Waals surface area contributed by atoms with Gasteiger partial charge in [0.15, 0.2) is 0 Å². The molecule has 3 aromatic heterocycles. The minimum absolute atomic E-state index is 0.0731. The minimum atomic E-state index is -0.0731. The number of fused-ring (bicyclic) bond motifs is 2. The van der Waals surface area contributed by atoms with Crippen LogP contribution in [0.1, 0.15) is 34.7 Å². The first-order valence-electron chi connectivity index (χ1n) is 9.10. The second-order valence-corrected chi connectivity index (χ2v) is 8.83. The minimum Gasteiger partial charge on any atom is -0.369 e. The van der Waals surface area contributed by atoms with Crippen LogP contribution >= 0.6 is 22.7 Å². The zero-order chi connectivity index (χ0) is 17.6. The van der Waals surface area contributed by atoms with Crippen molar-refractivity contribution in [2.45, 2.75) is 31.3 Å². The molecule has 5 heterocycles. The van der Waals surface area contributed by atoms with Crippen molar-refractivity contribution in [3.8, 4) is 0 Å². The Morgan fingerprint density at radius 1 is 1.19 bits per heavy atom. The Morgan fingerprint density at radius 3 is 2.88 bits per heavy atom. The van der Waals surface area contributed by atoms with E-state index in [9.17, 15) is 0 Å². The van der Waals surface area contributed by atoms with Crippen molar-refractivity contribution in [1.82, 2.24) is 14.8 Å². The van der Waals surface area contributed by atoms with Crippen LogP contribution in [0, 0.1) is 0 Å². The van der Waals surface area contributed by atoms with Gasteiger partial charge in [-0.1, -0.05) is 0 Å². The van der Waals surface area contributed by atoms with Crippen LogP contribution in [0.2, 0.25) is 0 Å². The van der Waals surface area contributed by atoms with Crippen molar-refractivity contribution in [1.29, 1.82) is 0 Å². The molecule has 0 N–H and O–H groups in total. The van der Waals surface area contributed by atoms with Crippen molar-refractivity contribution in [3.63, 3.8) is 0 Å². The van der Waals surface area contributed by atoms with E-state index in [1.165, 1.54) is 16.0 Å². The maximum Gasteiger partial charge on any atom is 0.226 e. The molecule has 3 aromatic rings. The molecule has 5 nitrogen and oxygen atoms in total. The fraction of sp³-hybridized carbons (Fsp3) is 0.474. The summed E-state index contributed by atoms with van der Waals surface area (Å²) in [4.78, 5) is 3.82. The molecule has 0 unspecified atom stereocenters. The summed E-state index contributed by atoms with van der Waals surface area (Å²) in [5, 5.41) is 15.4. The maximum atomic E-state index is 6.32. The lowest BCUT2D eigenvalue weighted by Crippen LogP contribution is -2.46. The second kappa shape index (κ2) is 6.48. The summed E-state index contributed by atoms with van der Waals surface area (Å²) in [6.45, 7) is 2.77. The van der Waals surface area contributed by atoms with Crippen LogP contribution in [-0.2, 0) is 30.2 Å². The number of ether oxygens (including phenoxy) is 1. The molecule has 0 bridgehead atoms. The van der Waals surface area contributed by atoms with Gasteiger partial charge in [-0.25, -0.2) is 0 Å². The summed E-state index contributed by atoms with van der Waals surface area (Å²) < 4.78 is 8.47. The summed E-state index contributed by atoms with van der Waals surface area (Å²) >= 11 is 3.59. The number of hydrogen-bond acceptors (Lipinski definition) is 6. The van der Waals surface area contributed by atoms with E-state index in [-0.39, 0.29) is 5.60 Å². The van der Waals surface area contributed by atoms with Gasteiger partial charge in [0.05, 0.1) is 6.61 Å². The highest BCUT2D eigenvalue weighted by atomic mass is 32.1. The van der Waals surface area contributed by atoms with Gasteiger partial charge in [0, 0.05) is 31.4 Å².